The van der Waals surface area contributed by atoms with Crippen molar-refractivity contribution in [2.24, 2.45) is 0 Å². The third kappa shape index (κ3) is 28.9. The molecule has 0 saturated heterocycles. The molecule has 6 heteroatoms. The van der Waals surface area contributed by atoms with E-state index in [1.54, 1.807) is 0 Å². The Labute approximate surface area is 72.0 Å². The van der Waals surface area contributed by atoms with E-state index in [0.717, 1.165) is 0 Å². The minimum atomic E-state index is -3.29. The average molecular weight is 356 g/mol. The second kappa shape index (κ2) is 4.70. The van der Waals surface area contributed by atoms with E-state index in [2.05, 4.69) is 0 Å². The van der Waals surface area contributed by atoms with Crippen LogP contribution in [0.5, 0.6) is 0 Å². The molecule has 0 heterocycles. The molecule has 0 aliphatic rings. The van der Waals surface area contributed by atoms with Gasteiger partial charge in [0.2, 0.25) is 0 Å². The van der Waals surface area contributed by atoms with Gasteiger partial charge < -0.3 is 0 Å². The van der Waals surface area contributed by atoms with Crippen LogP contribution in [-0.2, 0) is 15.5 Å². The first-order valence-corrected chi connectivity index (χ1v) is 13.4. The second-order valence-corrected chi connectivity index (χ2v) is 22.8. The summed E-state index contributed by atoms with van der Waals surface area (Å²) in [6.07, 6.45) is 0. The van der Waals surface area contributed by atoms with E-state index in [1.165, 1.54) is 0 Å². The Morgan fingerprint density at radius 3 is 0.833 bits per heavy atom. The standard InChI is InChI=1S/4ClH.Sn.Zr.4H/h4*1H;;;;;;/q;;;;;+4;;;;/p-4. The number of halogens is 4. The van der Waals surface area contributed by atoms with Gasteiger partial charge in [0.15, 0.2) is 0 Å². The first kappa shape index (κ1) is 11.6. The molecule has 0 rings (SSSR count). The van der Waals surface area contributed by atoms with E-state index in [4.69, 9.17) is 34.1 Å². The Morgan fingerprint density at radius 1 is 0.833 bits per heavy atom. The maximum absolute atomic E-state index is 5.04. The third-order valence-electron chi connectivity index (χ3n) is 0. The molecule has 0 saturated carbocycles. The van der Waals surface area contributed by atoms with Crippen molar-refractivity contribution in [1.29, 1.82) is 0 Å². The van der Waals surface area contributed by atoms with Crippen molar-refractivity contribution in [2.75, 3.05) is 0 Å². The number of hydrogen-bond donors (Lipinski definition) is 0. The molecule has 0 aromatic rings. The fraction of sp³-hybridized carbons (Fsp3) is 0. The monoisotopic (exact) mass is 354 g/mol. The molecule has 6 heavy (non-hydrogen) atoms. The molecule has 0 aliphatic carbocycles. The first-order valence-electron chi connectivity index (χ1n) is 0.756. The third-order valence-corrected chi connectivity index (χ3v) is 0. The van der Waals surface area contributed by atoms with Gasteiger partial charge in [-0.05, 0) is 0 Å². The summed E-state index contributed by atoms with van der Waals surface area (Å²) in [6, 6.07) is 0. The zero-order valence-corrected chi connectivity index (χ0v) is 7.49. The molecule has 0 atom stereocenters. The van der Waals surface area contributed by atoms with Gasteiger partial charge in [-0.15, -0.1) is 0 Å². The van der Waals surface area contributed by atoms with Crippen molar-refractivity contribution >= 4 is 58.0 Å². The van der Waals surface area contributed by atoms with E-state index in [-0.39, 0.29) is 23.9 Å². The van der Waals surface area contributed by atoms with Crippen molar-refractivity contribution < 1.29 is 15.5 Å². The van der Waals surface area contributed by atoms with Gasteiger partial charge in [0.1, 0.15) is 0 Å². The van der Waals surface area contributed by atoms with E-state index in [9.17, 15) is 0 Å². The fourth-order valence-electron chi connectivity index (χ4n) is 0. The fourth-order valence-corrected chi connectivity index (χ4v) is 0. The zero-order chi connectivity index (χ0) is 4.50. The van der Waals surface area contributed by atoms with E-state index in [1.807, 2.05) is 0 Å². The van der Waals surface area contributed by atoms with Crippen molar-refractivity contribution in [3.05, 3.63) is 0 Å². The van der Waals surface area contributed by atoms with Crippen LogP contribution in [0.4, 0.5) is 0 Å². The summed E-state index contributed by atoms with van der Waals surface area (Å²) >= 11 is -3.29. The summed E-state index contributed by atoms with van der Waals surface area (Å²) < 4.78 is 0. The van der Waals surface area contributed by atoms with Gasteiger partial charge in [0.05, 0.1) is 0 Å². The molecule has 0 radical (unpaired) electrons. The Bertz CT molecular complexity index is 23.0. The zero-order valence-electron chi connectivity index (χ0n) is 2.01. The minimum absolute atomic E-state index is 0. The number of hydrogen-bond acceptors (Lipinski definition) is 0. The predicted molar refractivity (Wildman–Crippen MR) is 34.7 cm³/mol. The first-order chi connectivity index (χ1) is 2.00. The van der Waals surface area contributed by atoms with Crippen LogP contribution in [0.15, 0.2) is 0 Å². The molecule has 0 bridgehead atoms. The Balaban J connectivity index is 0. The average Bonchev–Trinajstić information content (AvgIpc) is 0.722. The molecule has 0 aliphatic heterocycles. The molecule has 0 aromatic carbocycles. The summed E-state index contributed by atoms with van der Waals surface area (Å²) in [5.41, 5.74) is 0. The number of rotatable bonds is 0. The molecule has 0 aromatic heterocycles. The van der Waals surface area contributed by atoms with Crippen molar-refractivity contribution in [3.8, 4) is 0 Å². The summed E-state index contributed by atoms with van der Waals surface area (Å²) in [6.45, 7) is 0. The molecule has 0 spiro atoms. The van der Waals surface area contributed by atoms with Gasteiger partial charge >= 0.3 is 73.5 Å². The van der Waals surface area contributed by atoms with E-state index >= 15 is 0 Å². The molecule has 40 valence electrons. The molecular weight excluding hydrogens is 352 g/mol. The van der Waals surface area contributed by atoms with Crippen molar-refractivity contribution in [2.45, 2.75) is 0 Å². The molecule has 0 N–H and O–H groups in total. The van der Waals surface area contributed by atoms with E-state index in [0.29, 0.717) is 0 Å². The van der Waals surface area contributed by atoms with Gasteiger partial charge in [-0.1, -0.05) is 0 Å². The van der Waals surface area contributed by atoms with Crippen LogP contribution in [0.25, 0.3) is 0 Å². The topological polar surface area (TPSA) is 0 Å². The van der Waals surface area contributed by atoms with E-state index < -0.39 is 15.5 Å². The SMILES string of the molecule is [Cl][Zr]([Cl])([Cl])[Cl].[SnH4]. The van der Waals surface area contributed by atoms with Gasteiger partial charge in [0.25, 0.3) is 0 Å². The van der Waals surface area contributed by atoms with Gasteiger partial charge in [-0.2, -0.15) is 0 Å². The maximum atomic E-state index is 5.04. The second-order valence-electron chi connectivity index (χ2n) is 0.429. The quantitative estimate of drug-likeness (QED) is 0.575. The Kier molecular flexibility index (Phi) is 9.09. The molecule has 0 fully saturated rings. The Morgan fingerprint density at radius 2 is 0.833 bits per heavy atom. The summed E-state index contributed by atoms with van der Waals surface area (Å²) in [5, 5.41) is 0. The summed E-state index contributed by atoms with van der Waals surface area (Å²) in [4.78, 5) is 0. The van der Waals surface area contributed by atoms with Crippen molar-refractivity contribution in [3.63, 3.8) is 0 Å². The molecule has 0 nitrogen and oxygen atoms in total. The van der Waals surface area contributed by atoms with Crippen LogP contribution in [0, 0.1) is 0 Å². The van der Waals surface area contributed by atoms with Crippen molar-refractivity contribution in [1.82, 2.24) is 0 Å². The van der Waals surface area contributed by atoms with Crippen LogP contribution in [-0.4, -0.2) is 23.9 Å². The van der Waals surface area contributed by atoms with Crippen LogP contribution >= 0.6 is 34.1 Å². The summed E-state index contributed by atoms with van der Waals surface area (Å²) in [5.74, 6) is 0. The van der Waals surface area contributed by atoms with Gasteiger partial charge in [0, 0.05) is 0 Å². The summed E-state index contributed by atoms with van der Waals surface area (Å²) in [7, 11) is 20.1. The Hall–Kier alpha value is 2.84. The normalized spacial score (nSPS) is 10.0. The molecular formula is H4Cl4SnZr. The molecule has 0 unspecified atom stereocenters. The molecule has 0 amide bonds. The van der Waals surface area contributed by atoms with Crippen LogP contribution < -0.4 is 0 Å². The van der Waals surface area contributed by atoms with Crippen LogP contribution in [0.1, 0.15) is 0 Å². The predicted octanol–water partition coefficient (Wildman–Crippen LogP) is 1.30. The van der Waals surface area contributed by atoms with Crippen LogP contribution in [0.2, 0.25) is 0 Å². The van der Waals surface area contributed by atoms with Gasteiger partial charge in [-0.3, -0.25) is 0 Å². The van der Waals surface area contributed by atoms with Gasteiger partial charge in [-0.25, -0.2) is 0 Å². The van der Waals surface area contributed by atoms with Crippen LogP contribution in [0.3, 0.4) is 0 Å².